The Morgan fingerprint density at radius 3 is 2.25 bits per heavy atom. The van der Waals surface area contributed by atoms with Gasteiger partial charge in [0.2, 0.25) is 0 Å². The summed E-state index contributed by atoms with van der Waals surface area (Å²) in [5.41, 5.74) is 2.50. The fourth-order valence-corrected chi connectivity index (χ4v) is 7.88. The SMILES string of the molecule is O=S(=O)(c1ccc(Cl)s1)N1CCC(Oc2cccc(CN3CCN(Cc4cccnc4)CC3)c2)CC1. The second-order valence-corrected chi connectivity index (χ2v) is 13.2. The van der Waals surface area contributed by atoms with Crippen LogP contribution in [0.15, 0.2) is 65.1 Å². The summed E-state index contributed by atoms with van der Waals surface area (Å²) < 4.78 is 34.3. The molecule has 2 saturated heterocycles. The first-order valence-electron chi connectivity index (χ1n) is 12.3. The molecular formula is C26H31ClN4O3S2. The van der Waals surface area contributed by atoms with E-state index in [4.69, 9.17) is 16.3 Å². The van der Waals surface area contributed by atoms with E-state index in [2.05, 4.69) is 33.0 Å². The highest BCUT2D eigenvalue weighted by Gasteiger charge is 2.31. The van der Waals surface area contributed by atoms with Crippen molar-refractivity contribution in [2.24, 2.45) is 0 Å². The molecule has 192 valence electrons. The summed E-state index contributed by atoms with van der Waals surface area (Å²) in [4.78, 5) is 9.18. The van der Waals surface area contributed by atoms with E-state index >= 15 is 0 Å². The molecule has 0 bridgehead atoms. The number of piperidine rings is 1. The predicted molar refractivity (Wildman–Crippen MR) is 143 cm³/mol. The van der Waals surface area contributed by atoms with Crippen LogP contribution in [0.1, 0.15) is 24.0 Å². The van der Waals surface area contributed by atoms with E-state index in [0.717, 1.165) is 56.4 Å². The van der Waals surface area contributed by atoms with Gasteiger partial charge >= 0.3 is 0 Å². The lowest BCUT2D eigenvalue weighted by molar-refractivity contribution is 0.121. The van der Waals surface area contributed by atoms with E-state index in [9.17, 15) is 8.42 Å². The molecule has 0 unspecified atom stereocenters. The molecule has 0 N–H and O–H groups in total. The molecule has 36 heavy (non-hydrogen) atoms. The number of hydrogen-bond acceptors (Lipinski definition) is 7. The summed E-state index contributed by atoms with van der Waals surface area (Å²) in [6, 6.07) is 15.6. The number of thiophene rings is 1. The highest BCUT2D eigenvalue weighted by atomic mass is 35.5. The fourth-order valence-electron chi connectivity index (χ4n) is 4.78. The van der Waals surface area contributed by atoms with E-state index in [1.807, 2.05) is 30.6 Å². The molecular weight excluding hydrogens is 516 g/mol. The minimum absolute atomic E-state index is 0.00893. The average Bonchev–Trinajstić information content (AvgIpc) is 3.34. The van der Waals surface area contributed by atoms with Gasteiger partial charge in [-0.25, -0.2) is 8.42 Å². The maximum atomic E-state index is 12.8. The quantitative estimate of drug-likeness (QED) is 0.418. The highest BCUT2D eigenvalue weighted by molar-refractivity contribution is 7.91. The highest BCUT2D eigenvalue weighted by Crippen LogP contribution is 2.30. The number of sulfonamides is 1. The minimum Gasteiger partial charge on any atom is -0.490 e. The zero-order chi connectivity index (χ0) is 25.0. The molecule has 2 aliphatic rings. The third-order valence-corrected chi connectivity index (χ3v) is 10.3. The first kappa shape index (κ1) is 25.6. The molecule has 2 fully saturated rings. The van der Waals surface area contributed by atoms with E-state index in [0.29, 0.717) is 34.5 Å². The Morgan fingerprint density at radius 2 is 1.61 bits per heavy atom. The van der Waals surface area contributed by atoms with Gasteiger partial charge in [-0.2, -0.15) is 4.31 Å². The number of rotatable bonds is 8. The van der Waals surface area contributed by atoms with Crippen molar-refractivity contribution in [3.8, 4) is 5.75 Å². The lowest BCUT2D eigenvalue weighted by atomic mass is 10.1. The van der Waals surface area contributed by atoms with Crippen molar-refractivity contribution in [2.45, 2.75) is 36.2 Å². The number of nitrogens with zero attached hydrogens (tertiary/aromatic N) is 4. The lowest BCUT2D eigenvalue weighted by Crippen LogP contribution is -2.45. The molecule has 1 aromatic carbocycles. The first-order valence-corrected chi connectivity index (χ1v) is 14.9. The summed E-state index contributed by atoms with van der Waals surface area (Å²) in [5.74, 6) is 0.856. The number of ether oxygens (including phenoxy) is 1. The number of benzene rings is 1. The minimum atomic E-state index is -3.48. The molecule has 4 heterocycles. The largest absolute Gasteiger partial charge is 0.490 e. The van der Waals surface area contributed by atoms with Gasteiger partial charge in [-0.1, -0.05) is 29.8 Å². The monoisotopic (exact) mass is 546 g/mol. The van der Waals surface area contributed by atoms with Crippen LogP contribution in [0.25, 0.3) is 0 Å². The average molecular weight is 547 g/mol. The molecule has 3 aromatic rings. The molecule has 0 atom stereocenters. The maximum Gasteiger partial charge on any atom is 0.252 e. The molecule has 0 aliphatic carbocycles. The zero-order valence-electron chi connectivity index (χ0n) is 20.1. The van der Waals surface area contributed by atoms with Crippen LogP contribution in [-0.4, -0.2) is 72.9 Å². The summed E-state index contributed by atoms with van der Waals surface area (Å²) in [6.07, 6.45) is 5.11. The second kappa shape index (κ2) is 11.6. The van der Waals surface area contributed by atoms with Crippen molar-refractivity contribution in [3.63, 3.8) is 0 Å². The molecule has 0 spiro atoms. The van der Waals surface area contributed by atoms with E-state index < -0.39 is 10.0 Å². The smallest absolute Gasteiger partial charge is 0.252 e. The van der Waals surface area contributed by atoms with Crippen LogP contribution in [0.2, 0.25) is 4.34 Å². The van der Waals surface area contributed by atoms with Gasteiger partial charge in [0.05, 0.1) is 4.34 Å². The van der Waals surface area contributed by atoms with Gasteiger partial charge in [0, 0.05) is 64.8 Å². The van der Waals surface area contributed by atoms with Gasteiger partial charge in [0.1, 0.15) is 16.1 Å². The number of piperazine rings is 1. The van der Waals surface area contributed by atoms with Crippen LogP contribution in [0, 0.1) is 0 Å². The Balaban J connectivity index is 1.09. The van der Waals surface area contributed by atoms with Gasteiger partial charge in [-0.3, -0.25) is 14.8 Å². The Morgan fingerprint density at radius 1 is 0.917 bits per heavy atom. The van der Waals surface area contributed by atoms with Crippen molar-refractivity contribution in [1.29, 1.82) is 0 Å². The lowest BCUT2D eigenvalue weighted by Gasteiger charge is -2.34. The summed E-state index contributed by atoms with van der Waals surface area (Å²) >= 11 is 7.04. The van der Waals surface area contributed by atoms with Crippen LogP contribution >= 0.6 is 22.9 Å². The molecule has 5 rings (SSSR count). The Kier molecular flexibility index (Phi) is 8.25. The van der Waals surface area contributed by atoms with Crippen LogP contribution < -0.4 is 4.74 Å². The van der Waals surface area contributed by atoms with Gasteiger partial charge < -0.3 is 4.74 Å². The third kappa shape index (κ3) is 6.45. The van der Waals surface area contributed by atoms with Crippen LogP contribution in [0.4, 0.5) is 0 Å². The number of aromatic nitrogens is 1. The summed E-state index contributed by atoms with van der Waals surface area (Å²) in [5, 5.41) is 0. The van der Waals surface area contributed by atoms with Crippen molar-refractivity contribution in [3.05, 3.63) is 76.4 Å². The second-order valence-electron chi connectivity index (χ2n) is 9.34. The molecule has 2 aromatic heterocycles. The number of hydrogen-bond donors (Lipinski definition) is 0. The first-order chi connectivity index (χ1) is 17.5. The van der Waals surface area contributed by atoms with E-state index in [1.54, 1.807) is 16.4 Å². The van der Waals surface area contributed by atoms with Crippen LogP contribution in [0.5, 0.6) is 5.75 Å². The molecule has 0 saturated carbocycles. The van der Waals surface area contributed by atoms with E-state index in [-0.39, 0.29) is 6.10 Å². The molecule has 2 aliphatic heterocycles. The van der Waals surface area contributed by atoms with E-state index in [1.165, 1.54) is 11.1 Å². The summed E-state index contributed by atoms with van der Waals surface area (Å²) in [7, 11) is -3.48. The van der Waals surface area contributed by atoms with Gasteiger partial charge in [0.25, 0.3) is 10.0 Å². The predicted octanol–water partition coefficient (Wildman–Crippen LogP) is 4.35. The number of pyridine rings is 1. The normalized spacial score (nSPS) is 18.9. The number of halogens is 1. The zero-order valence-corrected chi connectivity index (χ0v) is 22.5. The van der Waals surface area contributed by atoms with Crippen molar-refractivity contribution >= 4 is 33.0 Å². The fraction of sp³-hybridized carbons (Fsp3) is 0.423. The van der Waals surface area contributed by atoms with Gasteiger partial charge in [0.15, 0.2) is 0 Å². The topological polar surface area (TPSA) is 66.0 Å². The maximum absolute atomic E-state index is 12.8. The third-order valence-electron chi connectivity index (χ3n) is 6.74. The molecule has 0 amide bonds. The van der Waals surface area contributed by atoms with Crippen molar-refractivity contribution in [1.82, 2.24) is 19.1 Å². The summed E-state index contributed by atoms with van der Waals surface area (Å²) in [6.45, 7) is 6.91. The van der Waals surface area contributed by atoms with Crippen LogP contribution in [-0.2, 0) is 23.1 Å². The Bertz CT molecular complexity index is 1240. The van der Waals surface area contributed by atoms with Crippen molar-refractivity contribution < 1.29 is 13.2 Å². The van der Waals surface area contributed by atoms with Gasteiger partial charge in [-0.15, -0.1) is 11.3 Å². The Labute approximate surface area is 222 Å². The van der Waals surface area contributed by atoms with Gasteiger partial charge in [-0.05, 0) is 54.3 Å². The van der Waals surface area contributed by atoms with Crippen LogP contribution in [0.3, 0.4) is 0 Å². The molecule has 0 radical (unpaired) electrons. The Hall–Kier alpha value is -2.01. The van der Waals surface area contributed by atoms with Crippen molar-refractivity contribution in [2.75, 3.05) is 39.3 Å². The molecule has 10 heteroatoms. The molecule has 7 nitrogen and oxygen atoms in total. The standard InChI is InChI=1S/C26H31ClN4O3S2/c27-25-6-7-26(35-25)36(32,33)31-11-8-23(9-12-31)34-24-5-1-3-21(17-24)19-29-13-15-30(16-14-29)20-22-4-2-10-28-18-22/h1-7,10,17-18,23H,8-9,11-16,19-20H2.